The quantitative estimate of drug-likeness (QED) is 0.677. The first-order valence-corrected chi connectivity index (χ1v) is 10.5. The lowest BCUT2D eigenvalue weighted by Crippen LogP contribution is -2.50. The van der Waals surface area contributed by atoms with E-state index < -0.39 is 0 Å². The predicted octanol–water partition coefficient (Wildman–Crippen LogP) is 3.24. The molecule has 1 amide bonds. The van der Waals surface area contributed by atoms with Crippen LogP contribution in [0.3, 0.4) is 0 Å². The number of pyridine rings is 1. The average molecular weight is 399 g/mol. The molecule has 1 spiro atoms. The van der Waals surface area contributed by atoms with Crippen LogP contribution in [0.2, 0.25) is 0 Å². The number of amides is 1. The Kier molecular flexibility index (Phi) is 4.91. The molecular formula is C24H25N5O. The van der Waals surface area contributed by atoms with Crippen LogP contribution in [-0.2, 0) is 24.3 Å². The second-order valence-corrected chi connectivity index (χ2v) is 8.30. The number of carbonyl (C=O) groups is 1. The molecule has 1 fully saturated rings. The maximum atomic E-state index is 13.9. The van der Waals surface area contributed by atoms with Crippen molar-refractivity contribution in [2.75, 3.05) is 18.0 Å². The van der Waals surface area contributed by atoms with E-state index in [4.69, 9.17) is 0 Å². The number of carbonyl (C=O) groups excluding carboxylic acids is 1. The number of aromatic nitrogens is 3. The van der Waals surface area contributed by atoms with Gasteiger partial charge in [-0.05, 0) is 48.1 Å². The average Bonchev–Trinajstić information content (AvgIpc) is 2.91. The first-order chi connectivity index (χ1) is 14.7. The zero-order valence-corrected chi connectivity index (χ0v) is 16.9. The van der Waals surface area contributed by atoms with Gasteiger partial charge in [0.15, 0.2) is 0 Å². The van der Waals surface area contributed by atoms with Gasteiger partial charge in [-0.1, -0.05) is 30.3 Å². The van der Waals surface area contributed by atoms with Gasteiger partial charge in [0.2, 0.25) is 5.91 Å². The number of nitrogens with zero attached hydrogens (tertiary/aromatic N) is 5. The van der Waals surface area contributed by atoms with E-state index in [1.54, 1.807) is 18.7 Å². The SMILES string of the molecule is O=C1N(Cc2cccnc2)Cc2ccccc2CC12CCN(c1ccncn1)CC2. The van der Waals surface area contributed by atoms with Crippen molar-refractivity contribution in [1.29, 1.82) is 0 Å². The molecule has 0 radical (unpaired) electrons. The Bertz CT molecular complexity index is 1020. The van der Waals surface area contributed by atoms with Crippen LogP contribution in [0, 0.1) is 5.41 Å². The van der Waals surface area contributed by atoms with E-state index in [0.717, 1.165) is 43.7 Å². The summed E-state index contributed by atoms with van der Waals surface area (Å²) in [6.07, 6.45) is 9.45. The smallest absolute Gasteiger partial charge is 0.229 e. The molecule has 5 rings (SSSR count). The molecule has 0 bridgehead atoms. The Morgan fingerprint density at radius 3 is 2.50 bits per heavy atom. The third-order valence-corrected chi connectivity index (χ3v) is 6.46. The summed E-state index contributed by atoms with van der Waals surface area (Å²) in [5.41, 5.74) is 3.26. The van der Waals surface area contributed by atoms with E-state index in [9.17, 15) is 4.79 Å². The van der Waals surface area contributed by atoms with Crippen molar-refractivity contribution in [2.45, 2.75) is 32.4 Å². The number of hydrogen-bond donors (Lipinski definition) is 0. The van der Waals surface area contributed by atoms with Crippen molar-refractivity contribution >= 4 is 11.7 Å². The highest BCUT2D eigenvalue weighted by Crippen LogP contribution is 2.41. The first-order valence-electron chi connectivity index (χ1n) is 10.5. The molecule has 0 aliphatic carbocycles. The maximum Gasteiger partial charge on any atom is 0.229 e. The van der Waals surface area contributed by atoms with Crippen molar-refractivity contribution in [1.82, 2.24) is 19.9 Å². The van der Waals surface area contributed by atoms with Crippen LogP contribution in [-0.4, -0.2) is 38.8 Å². The normalized spacial score (nSPS) is 18.2. The largest absolute Gasteiger partial charge is 0.356 e. The molecule has 2 aliphatic rings. The van der Waals surface area contributed by atoms with Crippen molar-refractivity contribution in [3.63, 3.8) is 0 Å². The zero-order chi connectivity index (χ0) is 20.4. The Morgan fingerprint density at radius 2 is 1.77 bits per heavy atom. The maximum absolute atomic E-state index is 13.9. The van der Waals surface area contributed by atoms with E-state index in [2.05, 4.69) is 44.1 Å². The second-order valence-electron chi connectivity index (χ2n) is 8.30. The van der Waals surface area contributed by atoms with Crippen molar-refractivity contribution in [2.24, 2.45) is 5.41 Å². The van der Waals surface area contributed by atoms with E-state index in [1.165, 1.54) is 11.1 Å². The number of hydrogen-bond acceptors (Lipinski definition) is 5. The van der Waals surface area contributed by atoms with Gasteiger partial charge in [-0.15, -0.1) is 0 Å². The summed E-state index contributed by atoms with van der Waals surface area (Å²) in [7, 11) is 0. The monoisotopic (exact) mass is 399 g/mol. The number of piperidine rings is 1. The summed E-state index contributed by atoms with van der Waals surface area (Å²) in [5.74, 6) is 1.21. The van der Waals surface area contributed by atoms with Crippen molar-refractivity contribution < 1.29 is 4.79 Å². The number of fused-ring (bicyclic) bond motifs is 1. The fourth-order valence-electron chi connectivity index (χ4n) is 4.80. The molecule has 1 saturated heterocycles. The molecule has 30 heavy (non-hydrogen) atoms. The van der Waals surface area contributed by atoms with Crippen LogP contribution >= 0.6 is 0 Å². The lowest BCUT2D eigenvalue weighted by Gasteiger charge is -2.42. The molecule has 3 aromatic rings. The summed E-state index contributed by atoms with van der Waals surface area (Å²) < 4.78 is 0. The van der Waals surface area contributed by atoms with Gasteiger partial charge in [-0.3, -0.25) is 9.78 Å². The molecule has 6 heteroatoms. The summed E-state index contributed by atoms with van der Waals surface area (Å²) >= 11 is 0. The second kappa shape index (κ2) is 7.86. The Balaban J connectivity index is 1.44. The van der Waals surface area contributed by atoms with E-state index in [-0.39, 0.29) is 11.3 Å². The molecule has 0 atom stereocenters. The molecule has 1 aromatic carbocycles. The molecule has 0 N–H and O–H groups in total. The first kappa shape index (κ1) is 18.7. The number of benzene rings is 1. The van der Waals surface area contributed by atoms with E-state index >= 15 is 0 Å². The summed E-state index contributed by atoms with van der Waals surface area (Å²) in [5, 5.41) is 0. The van der Waals surface area contributed by atoms with Crippen molar-refractivity contribution in [3.8, 4) is 0 Å². The summed E-state index contributed by atoms with van der Waals surface area (Å²) in [6, 6.07) is 14.4. The van der Waals surface area contributed by atoms with Crippen LogP contribution in [0.5, 0.6) is 0 Å². The van der Waals surface area contributed by atoms with E-state index in [1.807, 2.05) is 29.3 Å². The fraction of sp³-hybridized carbons (Fsp3) is 0.333. The molecule has 6 nitrogen and oxygen atoms in total. The fourth-order valence-corrected chi connectivity index (χ4v) is 4.80. The van der Waals surface area contributed by atoms with Gasteiger partial charge in [0.1, 0.15) is 12.1 Å². The molecule has 4 heterocycles. The minimum absolute atomic E-state index is 0.268. The van der Waals surface area contributed by atoms with Gasteiger partial charge >= 0.3 is 0 Å². The lowest BCUT2D eigenvalue weighted by molar-refractivity contribution is -0.144. The van der Waals surface area contributed by atoms with Gasteiger partial charge in [0.25, 0.3) is 0 Å². The van der Waals surface area contributed by atoms with Gasteiger partial charge in [-0.25, -0.2) is 9.97 Å². The highest BCUT2D eigenvalue weighted by molar-refractivity contribution is 5.84. The molecule has 152 valence electrons. The Morgan fingerprint density at radius 1 is 0.933 bits per heavy atom. The van der Waals surface area contributed by atoms with Gasteiger partial charge in [0, 0.05) is 44.8 Å². The van der Waals surface area contributed by atoms with Gasteiger partial charge in [-0.2, -0.15) is 0 Å². The van der Waals surface area contributed by atoms with Crippen LogP contribution < -0.4 is 4.90 Å². The standard InChI is InChI=1S/C24H25N5O/c30-23-24(8-12-28(13-9-24)22-7-11-26-18-27-22)14-20-5-1-2-6-21(20)17-29(23)16-19-4-3-10-25-15-19/h1-7,10-11,15,18H,8-9,12-14,16-17H2. The topological polar surface area (TPSA) is 62.2 Å². The van der Waals surface area contributed by atoms with Crippen LogP contribution in [0.15, 0.2) is 67.4 Å². The van der Waals surface area contributed by atoms with Crippen LogP contribution in [0.25, 0.3) is 0 Å². The van der Waals surface area contributed by atoms with Crippen LogP contribution in [0.4, 0.5) is 5.82 Å². The molecule has 0 unspecified atom stereocenters. The molecule has 2 aliphatic heterocycles. The highest BCUT2D eigenvalue weighted by Gasteiger charge is 2.45. The predicted molar refractivity (Wildman–Crippen MR) is 115 cm³/mol. The third-order valence-electron chi connectivity index (χ3n) is 6.46. The van der Waals surface area contributed by atoms with Gasteiger partial charge < -0.3 is 9.80 Å². The Labute approximate surface area is 176 Å². The summed E-state index contributed by atoms with van der Waals surface area (Å²) in [4.78, 5) is 30.8. The van der Waals surface area contributed by atoms with Gasteiger partial charge in [0.05, 0.1) is 5.41 Å². The van der Waals surface area contributed by atoms with Crippen molar-refractivity contribution in [3.05, 3.63) is 84.1 Å². The van der Waals surface area contributed by atoms with E-state index in [0.29, 0.717) is 13.1 Å². The minimum Gasteiger partial charge on any atom is -0.356 e. The number of rotatable bonds is 3. The van der Waals surface area contributed by atoms with Crippen LogP contribution in [0.1, 0.15) is 29.5 Å². The lowest BCUT2D eigenvalue weighted by atomic mass is 9.73. The molecular weight excluding hydrogens is 374 g/mol. The molecule has 0 saturated carbocycles. The summed E-state index contributed by atoms with van der Waals surface area (Å²) in [6.45, 7) is 2.90. The minimum atomic E-state index is -0.363. The molecule has 2 aromatic heterocycles. The third kappa shape index (κ3) is 3.54. The number of anilines is 1. The zero-order valence-electron chi connectivity index (χ0n) is 16.9. The highest BCUT2D eigenvalue weighted by atomic mass is 16.2. The Hall–Kier alpha value is -3.28.